The Morgan fingerprint density at radius 1 is 1.45 bits per heavy atom. The van der Waals surface area contributed by atoms with Gasteiger partial charge < -0.3 is 4.74 Å². The van der Waals surface area contributed by atoms with Crippen LogP contribution in [0.1, 0.15) is 37.8 Å². The molecule has 0 unspecified atom stereocenters. The number of hydrogen-bond donors (Lipinski definition) is 0. The number of carbonyl (C=O) groups is 1. The lowest BCUT2D eigenvalue weighted by molar-refractivity contribution is -0.156. The molecule has 1 aromatic carbocycles. The molecule has 0 bridgehead atoms. The molecule has 20 heavy (non-hydrogen) atoms. The predicted octanol–water partition coefficient (Wildman–Crippen LogP) is 2.67. The Morgan fingerprint density at radius 2 is 2.20 bits per heavy atom. The van der Waals surface area contributed by atoms with E-state index < -0.39 is 0 Å². The van der Waals surface area contributed by atoms with E-state index in [2.05, 4.69) is 13.0 Å². The van der Waals surface area contributed by atoms with E-state index >= 15 is 0 Å². The molecule has 0 saturated carbocycles. The Bertz CT molecular complexity index is 481. The summed E-state index contributed by atoms with van der Waals surface area (Å²) in [5.74, 6) is -0.242. The van der Waals surface area contributed by atoms with Crippen molar-refractivity contribution in [3.63, 3.8) is 0 Å². The van der Waals surface area contributed by atoms with Crippen LogP contribution in [0.5, 0.6) is 0 Å². The number of nitriles is 1. The molecule has 0 aliphatic carbocycles. The van der Waals surface area contributed by atoms with Gasteiger partial charge in [-0.15, -0.1) is 0 Å². The van der Waals surface area contributed by atoms with Gasteiger partial charge in [0.1, 0.15) is 6.61 Å². The lowest BCUT2D eigenvalue weighted by Gasteiger charge is -2.37. The van der Waals surface area contributed by atoms with Crippen LogP contribution in [0.25, 0.3) is 0 Å². The molecule has 4 nitrogen and oxygen atoms in total. The summed E-state index contributed by atoms with van der Waals surface area (Å²) in [6.45, 7) is 2.63. The number of nitrogens with zero attached hydrogens (tertiary/aromatic N) is 2. The Hall–Kier alpha value is -1.86. The maximum Gasteiger partial charge on any atom is 0.320 e. The molecule has 1 saturated heterocycles. The molecule has 0 amide bonds. The summed E-state index contributed by atoms with van der Waals surface area (Å²) < 4.78 is 5.18. The van der Waals surface area contributed by atoms with Gasteiger partial charge in [-0.3, -0.25) is 9.69 Å². The van der Waals surface area contributed by atoms with Crippen molar-refractivity contribution in [1.29, 1.82) is 5.26 Å². The van der Waals surface area contributed by atoms with Crippen molar-refractivity contribution in [2.24, 2.45) is 0 Å². The fraction of sp³-hybridized carbons (Fsp3) is 0.500. The van der Waals surface area contributed by atoms with Crippen molar-refractivity contribution < 1.29 is 9.53 Å². The van der Waals surface area contributed by atoms with Crippen molar-refractivity contribution in [3.8, 4) is 6.07 Å². The zero-order valence-corrected chi connectivity index (χ0v) is 11.8. The molecule has 0 N–H and O–H groups in total. The quantitative estimate of drug-likeness (QED) is 0.773. The van der Waals surface area contributed by atoms with Gasteiger partial charge in [-0.05, 0) is 12.0 Å². The van der Waals surface area contributed by atoms with Crippen molar-refractivity contribution in [2.75, 3.05) is 13.2 Å². The maximum atomic E-state index is 11.6. The van der Waals surface area contributed by atoms with Gasteiger partial charge >= 0.3 is 5.97 Å². The molecule has 2 rings (SSSR count). The number of unbranched alkanes of at least 4 members (excludes halogenated alkanes) is 1. The molecule has 1 fully saturated rings. The van der Waals surface area contributed by atoms with Gasteiger partial charge in [0.15, 0.2) is 0 Å². The number of cyclic esters (lactones) is 1. The van der Waals surface area contributed by atoms with E-state index in [0.29, 0.717) is 6.61 Å². The van der Waals surface area contributed by atoms with Crippen LogP contribution in [0, 0.1) is 11.3 Å². The van der Waals surface area contributed by atoms with Gasteiger partial charge in [0.25, 0.3) is 0 Å². The summed E-state index contributed by atoms with van der Waals surface area (Å²) in [6, 6.07) is 12.0. The lowest BCUT2D eigenvalue weighted by atomic mass is 10.0. The molecule has 1 aliphatic heterocycles. The van der Waals surface area contributed by atoms with Gasteiger partial charge in [0.05, 0.1) is 24.7 Å². The molecule has 2 atom stereocenters. The minimum absolute atomic E-state index is 0.0181. The predicted molar refractivity (Wildman–Crippen MR) is 75.8 cm³/mol. The van der Waals surface area contributed by atoms with Crippen LogP contribution in [0.15, 0.2) is 30.3 Å². The first-order chi connectivity index (χ1) is 9.76. The van der Waals surface area contributed by atoms with Gasteiger partial charge in [0.2, 0.25) is 0 Å². The van der Waals surface area contributed by atoms with Crippen molar-refractivity contribution in [2.45, 2.75) is 38.3 Å². The Morgan fingerprint density at radius 3 is 2.85 bits per heavy atom. The van der Waals surface area contributed by atoms with Crippen LogP contribution in [0.4, 0.5) is 0 Å². The van der Waals surface area contributed by atoms with Crippen molar-refractivity contribution in [3.05, 3.63) is 35.9 Å². The molecule has 106 valence electrons. The molecule has 0 spiro atoms. The fourth-order valence-corrected chi connectivity index (χ4v) is 2.56. The van der Waals surface area contributed by atoms with Gasteiger partial charge in [-0.1, -0.05) is 50.1 Å². The van der Waals surface area contributed by atoms with E-state index in [0.717, 1.165) is 24.8 Å². The van der Waals surface area contributed by atoms with E-state index in [-0.39, 0.29) is 24.6 Å². The van der Waals surface area contributed by atoms with Crippen molar-refractivity contribution >= 4 is 5.97 Å². The zero-order chi connectivity index (χ0) is 14.4. The molecular formula is C16H20N2O2. The first-order valence-corrected chi connectivity index (χ1v) is 7.12. The highest BCUT2D eigenvalue weighted by atomic mass is 16.5. The van der Waals surface area contributed by atoms with Gasteiger partial charge in [0, 0.05) is 0 Å². The van der Waals surface area contributed by atoms with E-state index in [1.54, 1.807) is 0 Å². The Labute approximate surface area is 120 Å². The van der Waals surface area contributed by atoms with Crippen LogP contribution in [-0.4, -0.2) is 30.1 Å². The summed E-state index contributed by atoms with van der Waals surface area (Å²) in [4.78, 5) is 13.6. The largest absolute Gasteiger partial charge is 0.463 e. The van der Waals surface area contributed by atoms with E-state index in [9.17, 15) is 10.1 Å². The highest BCUT2D eigenvalue weighted by Crippen LogP contribution is 2.27. The first kappa shape index (κ1) is 14.5. The molecular weight excluding hydrogens is 252 g/mol. The highest BCUT2D eigenvalue weighted by molar-refractivity contribution is 5.72. The van der Waals surface area contributed by atoms with Gasteiger partial charge in [-0.2, -0.15) is 5.26 Å². The van der Waals surface area contributed by atoms with Crippen LogP contribution >= 0.6 is 0 Å². The molecule has 1 heterocycles. The second-order valence-electron chi connectivity index (χ2n) is 5.07. The molecule has 4 heteroatoms. The molecule has 1 aromatic rings. The normalized spacial score (nSPS) is 21.0. The minimum atomic E-state index is -0.242. The third-order valence-electron chi connectivity index (χ3n) is 3.68. The minimum Gasteiger partial charge on any atom is -0.463 e. The number of esters is 1. The van der Waals surface area contributed by atoms with Crippen LogP contribution in [0.3, 0.4) is 0 Å². The van der Waals surface area contributed by atoms with E-state index in [4.69, 9.17) is 4.74 Å². The zero-order valence-electron chi connectivity index (χ0n) is 11.8. The highest BCUT2D eigenvalue weighted by Gasteiger charge is 2.34. The standard InChI is InChI=1S/C16H20N2O2/c1-2-3-9-14(10-17)18-11-16(19)20-12-15(18)13-7-5-4-6-8-13/h4-8,14-15H,2-3,9,11-12H2,1H3/t14-,15+/m0/s1. The average molecular weight is 272 g/mol. The number of carbonyl (C=O) groups excluding carboxylic acids is 1. The maximum absolute atomic E-state index is 11.6. The molecule has 0 aromatic heterocycles. The summed E-state index contributed by atoms with van der Waals surface area (Å²) in [5, 5.41) is 9.41. The lowest BCUT2D eigenvalue weighted by Crippen LogP contribution is -2.47. The number of morpholine rings is 1. The second kappa shape index (κ2) is 7.06. The van der Waals surface area contributed by atoms with E-state index in [1.807, 2.05) is 35.2 Å². The Kier molecular flexibility index (Phi) is 5.14. The summed E-state index contributed by atoms with van der Waals surface area (Å²) in [6.07, 6.45) is 2.83. The third-order valence-corrected chi connectivity index (χ3v) is 3.68. The van der Waals surface area contributed by atoms with Gasteiger partial charge in [-0.25, -0.2) is 0 Å². The summed E-state index contributed by atoms with van der Waals surface area (Å²) in [5.41, 5.74) is 1.09. The fourth-order valence-electron chi connectivity index (χ4n) is 2.56. The monoisotopic (exact) mass is 272 g/mol. The number of benzene rings is 1. The smallest absolute Gasteiger partial charge is 0.320 e. The van der Waals surface area contributed by atoms with Crippen LogP contribution < -0.4 is 0 Å². The summed E-state index contributed by atoms with van der Waals surface area (Å²) in [7, 11) is 0. The van der Waals surface area contributed by atoms with Crippen molar-refractivity contribution in [1.82, 2.24) is 4.90 Å². The number of hydrogen-bond acceptors (Lipinski definition) is 4. The van der Waals surface area contributed by atoms with E-state index in [1.165, 1.54) is 0 Å². The van der Waals surface area contributed by atoms with Crippen LogP contribution in [0.2, 0.25) is 0 Å². The van der Waals surface area contributed by atoms with Crippen LogP contribution in [-0.2, 0) is 9.53 Å². The second-order valence-corrected chi connectivity index (χ2v) is 5.07. The third kappa shape index (κ3) is 3.37. The topological polar surface area (TPSA) is 53.3 Å². The average Bonchev–Trinajstić information content (AvgIpc) is 2.49. The number of ether oxygens (including phenoxy) is 1. The molecule has 1 aliphatic rings. The summed E-state index contributed by atoms with van der Waals surface area (Å²) >= 11 is 0. The number of rotatable bonds is 5. The first-order valence-electron chi connectivity index (χ1n) is 7.12. The molecule has 0 radical (unpaired) electrons. The Balaban J connectivity index is 2.20. The SMILES string of the molecule is CCCC[C@@H](C#N)N1CC(=O)OC[C@@H]1c1ccccc1.